The molecular weight excluding hydrogens is 319 g/mol. The van der Waals surface area contributed by atoms with Crippen molar-refractivity contribution < 1.29 is 4.43 Å². The maximum absolute atomic E-state index is 6.36. The molecule has 4 heteroatoms. The van der Waals surface area contributed by atoms with Gasteiger partial charge in [-0.25, -0.2) is 0 Å². The molecule has 1 saturated carbocycles. The number of halogens is 1. The molecule has 84 valence electrons. The number of alkyl halides is 1. The van der Waals surface area contributed by atoms with E-state index in [4.69, 9.17) is 4.43 Å². The summed E-state index contributed by atoms with van der Waals surface area (Å²) in [5.41, 5.74) is 0. The fourth-order valence-electron chi connectivity index (χ4n) is 1.67. The molecule has 1 rings (SSSR count). The maximum Gasteiger partial charge on any atom is 0.160 e. The first kappa shape index (κ1) is 13.2. The topological polar surface area (TPSA) is 9.23 Å². The minimum atomic E-state index is -0.868. The first-order valence-corrected chi connectivity index (χ1v) is 12.6. The molecule has 0 spiro atoms. The van der Waals surface area contributed by atoms with E-state index in [2.05, 4.69) is 43.4 Å². The van der Waals surface area contributed by atoms with E-state index >= 15 is 0 Å². The van der Waals surface area contributed by atoms with Crippen LogP contribution >= 0.6 is 22.6 Å². The quantitative estimate of drug-likeness (QED) is 0.424. The van der Waals surface area contributed by atoms with Gasteiger partial charge in [-0.1, -0.05) is 56.2 Å². The van der Waals surface area contributed by atoms with Gasteiger partial charge in [0.15, 0.2) is 8.56 Å². The van der Waals surface area contributed by atoms with Gasteiger partial charge in [0.25, 0.3) is 0 Å². The van der Waals surface area contributed by atoms with Crippen LogP contribution in [0, 0.1) is 0 Å². The monoisotopic (exact) mass is 342 g/mol. The largest absolute Gasteiger partial charge is 0.420 e. The first-order valence-electron chi connectivity index (χ1n) is 5.71. The molecule has 14 heavy (non-hydrogen) atoms. The molecule has 0 saturated heterocycles. The van der Waals surface area contributed by atoms with Crippen molar-refractivity contribution in [3.63, 3.8) is 0 Å². The molecule has 0 amide bonds. The van der Waals surface area contributed by atoms with E-state index < -0.39 is 8.56 Å². The van der Waals surface area contributed by atoms with Crippen LogP contribution in [-0.4, -0.2) is 28.3 Å². The van der Waals surface area contributed by atoms with Crippen molar-refractivity contribution in [1.29, 1.82) is 0 Å². The molecule has 0 radical (unpaired) electrons. The standard InChI is InChI=1S/C10H23IOSi2/c1-10(2,3)14(13)12-9-7-5-4-6-8(9)11/h8-9,14H,4-7H2,1-3,13H3/t8-,9-,14?/m1/s1. The molecular formula is C10H23IOSi2. The summed E-state index contributed by atoms with van der Waals surface area (Å²) in [5, 5.41) is 0.472. The molecule has 0 bridgehead atoms. The van der Waals surface area contributed by atoms with Crippen LogP contribution in [0.4, 0.5) is 0 Å². The second-order valence-electron chi connectivity index (χ2n) is 5.48. The molecule has 1 nitrogen and oxygen atoms in total. The Morgan fingerprint density at radius 2 is 1.86 bits per heavy atom. The van der Waals surface area contributed by atoms with Crippen LogP contribution in [0.15, 0.2) is 0 Å². The predicted molar refractivity (Wildman–Crippen MR) is 78.0 cm³/mol. The first-order chi connectivity index (χ1) is 6.41. The van der Waals surface area contributed by atoms with Gasteiger partial charge >= 0.3 is 0 Å². The van der Waals surface area contributed by atoms with E-state index in [1.165, 1.54) is 35.4 Å². The summed E-state index contributed by atoms with van der Waals surface area (Å²) in [6, 6.07) is 0. The summed E-state index contributed by atoms with van der Waals surface area (Å²) in [6.45, 7) is 7.05. The van der Waals surface area contributed by atoms with Crippen molar-refractivity contribution in [1.82, 2.24) is 0 Å². The molecule has 0 aliphatic heterocycles. The van der Waals surface area contributed by atoms with Gasteiger partial charge in [0.2, 0.25) is 0 Å². The third-order valence-electron chi connectivity index (χ3n) is 3.22. The van der Waals surface area contributed by atoms with Gasteiger partial charge in [-0.3, -0.25) is 0 Å². The third-order valence-corrected chi connectivity index (χ3v) is 13.9. The zero-order valence-electron chi connectivity index (χ0n) is 9.85. The van der Waals surface area contributed by atoms with Gasteiger partial charge in [-0.15, -0.1) is 0 Å². The summed E-state index contributed by atoms with van der Waals surface area (Å²) in [6.07, 6.45) is 6.08. The van der Waals surface area contributed by atoms with Crippen LogP contribution in [0.1, 0.15) is 46.5 Å². The summed E-state index contributed by atoms with van der Waals surface area (Å²) in [7, 11) is 0.418. The van der Waals surface area contributed by atoms with Crippen molar-refractivity contribution in [2.24, 2.45) is 0 Å². The van der Waals surface area contributed by atoms with Crippen LogP contribution < -0.4 is 0 Å². The van der Waals surface area contributed by atoms with E-state index in [0.717, 1.165) is 3.92 Å². The van der Waals surface area contributed by atoms with Crippen LogP contribution in [0.2, 0.25) is 5.04 Å². The Balaban J connectivity index is 2.42. The molecule has 1 aliphatic carbocycles. The van der Waals surface area contributed by atoms with E-state index in [1.807, 2.05) is 0 Å². The molecule has 1 unspecified atom stereocenters. The second kappa shape index (κ2) is 5.45. The average molecular weight is 342 g/mol. The van der Waals surface area contributed by atoms with Gasteiger partial charge in [-0.05, 0) is 17.9 Å². The minimum absolute atomic E-state index is 0.472. The molecule has 0 aromatic heterocycles. The van der Waals surface area contributed by atoms with E-state index in [0.29, 0.717) is 11.1 Å². The molecule has 0 heterocycles. The third kappa shape index (κ3) is 3.94. The van der Waals surface area contributed by atoms with E-state index in [-0.39, 0.29) is 0 Å². The minimum Gasteiger partial charge on any atom is -0.420 e. The molecule has 0 aromatic rings. The SMILES string of the molecule is CC(C)(C)[SiH]([SiH3])O[C@@H]1CCCC[C@H]1I. The Morgan fingerprint density at radius 3 is 2.36 bits per heavy atom. The smallest absolute Gasteiger partial charge is 0.160 e. The summed E-state index contributed by atoms with van der Waals surface area (Å²) in [5.74, 6) is 0. The Kier molecular flexibility index (Phi) is 5.14. The maximum atomic E-state index is 6.36. The van der Waals surface area contributed by atoms with E-state index in [9.17, 15) is 0 Å². The van der Waals surface area contributed by atoms with Gasteiger partial charge in [0.1, 0.15) is 0 Å². The molecule has 3 atom stereocenters. The Bertz CT molecular complexity index is 181. The number of hydrogen-bond acceptors (Lipinski definition) is 1. The number of rotatable bonds is 2. The summed E-state index contributed by atoms with van der Waals surface area (Å²) in [4.78, 5) is 0. The Hall–Kier alpha value is 1.12. The van der Waals surface area contributed by atoms with Gasteiger partial charge in [-0.2, -0.15) is 0 Å². The van der Waals surface area contributed by atoms with Crippen LogP contribution in [-0.2, 0) is 4.43 Å². The fraction of sp³-hybridized carbons (Fsp3) is 1.00. The molecule has 0 aromatic carbocycles. The van der Waals surface area contributed by atoms with Crippen molar-refractivity contribution in [3.05, 3.63) is 0 Å². The summed E-state index contributed by atoms with van der Waals surface area (Å²) >= 11 is 2.59. The van der Waals surface area contributed by atoms with Gasteiger partial charge < -0.3 is 4.43 Å². The van der Waals surface area contributed by atoms with Gasteiger partial charge in [0, 0.05) is 13.7 Å². The molecule has 0 N–H and O–H groups in total. The average Bonchev–Trinajstić information content (AvgIpc) is 2.07. The second-order valence-corrected chi connectivity index (χ2v) is 13.5. The lowest BCUT2D eigenvalue weighted by Crippen LogP contribution is -2.39. The molecule has 1 aliphatic rings. The van der Waals surface area contributed by atoms with Gasteiger partial charge in [0.05, 0.1) is 6.10 Å². The lowest BCUT2D eigenvalue weighted by molar-refractivity contribution is 0.164. The highest BCUT2D eigenvalue weighted by atomic mass is 127. The van der Waals surface area contributed by atoms with Crippen molar-refractivity contribution in [2.75, 3.05) is 0 Å². The van der Waals surface area contributed by atoms with Crippen LogP contribution in [0.25, 0.3) is 0 Å². The van der Waals surface area contributed by atoms with Crippen molar-refractivity contribution in [2.45, 2.75) is 61.5 Å². The highest BCUT2D eigenvalue weighted by Gasteiger charge is 2.30. The van der Waals surface area contributed by atoms with Crippen LogP contribution in [0.3, 0.4) is 0 Å². The highest BCUT2D eigenvalue weighted by Crippen LogP contribution is 2.32. The number of hydrogen-bond donors (Lipinski definition) is 0. The highest BCUT2D eigenvalue weighted by molar-refractivity contribution is 14.1. The van der Waals surface area contributed by atoms with Crippen molar-refractivity contribution in [3.8, 4) is 0 Å². The molecule has 1 fully saturated rings. The normalized spacial score (nSPS) is 31.7. The lowest BCUT2D eigenvalue weighted by Gasteiger charge is -2.35. The Labute approximate surface area is 106 Å². The zero-order valence-corrected chi connectivity index (χ0v) is 15.2. The zero-order chi connectivity index (χ0) is 10.8. The summed E-state index contributed by atoms with van der Waals surface area (Å²) < 4.78 is 7.15. The lowest BCUT2D eigenvalue weighted by atomic mass is 9.98. The van der Waals surface area contributed by atoms with Crippen molar-refractivity contribution >= 4 is 40.9 Å². The Morgan fingerprint density at radius 1 is 1.29 bits per heavy atom. The van der Waals surface area contributed by atoms with Crippen LogP contribution in [0.5, 0.6) is 0 Å². The fourth-order valence-corrected chi connectivity index (χ4v) is 5.27. The predicted octanol–water partition coefficient (Wildman–Crippen LogP) is 2.14. The van der Waals surface area contributed by atoms with E-state index in [1.54, 1.807) is 0 Å².